The summed E-state index contributed by atoms with van der Waals surface area (Å²) in [5.74, 6) is -0.518. The van der Waals surface area contributed by atoms with E-state index in [1.165, 1.54) is 42.5 Å². The van der Waals surface area contributed by atoms with Crippen molar-refractivity contribution >= 4 is 28.3 Å². The summed E-state index contributed by atoms with van der Waals surface area (Å²) in [6.45, 7) is 0.460. The quantitative estimate of drug-likeness (QED) is 0.560. The molecule has 3 aromatic rings. The standard InChI is InChI=1S/C21H19F2N3O3S/c1-12(24-13(2)27)14-3-5-15(6-4-14)18-11-30-21(25-18)26-19(28)16-7-9-17(10-8-16)29-20(22)23/h3-12,20H,1-2H3,(H,24,27)(H,25,26,28)/t12-/m1/s1. The summed E-state index contributed by atoms with van der Waals surface area (Å²) in [7, 11) is 0. The number of aromatic nitrogens is 1. The van der Waals surface area contributed by atoms with Gasteiger partial charge >= 0.3 is 6.61 Å². The van der Waals surface area contributed by atoms with Gasteiger partial charge in [-0.05, 0) is 36.8 Å². The summed E-state index contributed by atoms with van der Waals surface area (Å²) >= 11 is 1.27. The van der Waals surface area contributed by atoms with Crippen LogP contribution in [-0.2, 0) is 4.79 Å². The number of amides is 2. The van der Waals surface area contributed by atoms with Crippen LogP contribution in [0.3, 0.4) is 0 Å². The van der Waals surface area contributed by atoms with Crippen molar-refractivity contribution in [1.29, 1.82) is 0 Å². The lowest BCUT2D eigenvalue weighted by molar-refractivity contribution is -0.119. The molecule has 0 aliphatic carbocycles. The van der Waals surface area contributed by atoms with E-state index in [4.69, 9.17) is 0 Å². The number of nitrogens with zero attached hydrogens (tertiary/aromatic N) is 1. The van der Waals surface area contributed by atoms with Crippen LogP contribution in [0.25, 0.3) is 11.3 Å². The minimum absolute atomic E-state index is 0.0191. The van der Waals surface area contributed by atoms with Crippen molar-refractivity contribution in [3.8, 4) is 17.0 Å². The molecule has 0 radical (unpaired) electrons. The summed E-state index contributed by atoms with van der Waals surface area (Å²) < 4.78 is 28.7. The third kappa shape index (κ3) is 5.60. The number of ether oxygens (including phenoxy) is 1. The molecule has 0 saturated heterocycles. The molecule has 0 saturated carbocycles. The number of hydrogen-bond donors (Lipinski definition) is 2. The van der Waals surface area contributed by atoms with Gasteiger partial charge in [0.15, 0.2) is 5.13 Å². The smallest absolute Gasteiger partial charge is 0.387 e. The lowest BCUT2D eigenvalue weighted by atomic mass is 10.1. The fourth-order valence-corrected chi connectivity index (χ4v) is 3.47. The van der Waals surface area contributed by atoms with Crippen molar-refractivity contribution in [2.75, 3.05) is 5.32 Å². The second-order valence-corrected chi connectivity index (χ2v) is 7.30. The number of halogens is 2. The number of carbonyl (C=O) groups excluding carboxylic acids is 2. The van der Waals surface area contributed by atoms with Crippen LogP contribution in [0, 0.1) is 0 Å². The minimum atomic E-state index is -2.92. The Balaban J connectivity index is 1.64. The Hall–Kier alpha value is -3.33. The highest BCUT2D eigenvalue weighted by molar-refractivity contribution is 7.14. The van der Waals surface area contributed by atoms with E-state index in [1.54, 1.807) is 0 Å². The second kappa shape index (κ2) is 9.45. The number of carbonyl (C=O) groups is 2. The molecule has 1 atom stereocenters. The van der Waals surface area contributed by atoms with Crippen LogP contribution in [0.2, 0.25) is 0 Å². The third-order valence-electron chi connectivity index (χ3n) is 4.19. The SMILES string of the molecule is CC(=O)N[C@H](C)c1ccc(-c2csc(NC(=O)c3ccc(OC(F)F)cc3)n2)cc1. The molecule has 1 heterocycles. The summed E-state index contributed by atoms with van der Waals surface area (Å²) in [5.41, 5.74) is 2.84. The number of thiazole rings is 1. The molecule has 2 amide bonds. The Labute approximate surface area is 175 Å². The molecular weight excluding hydrogens is 412 g/mol. The van der Waals surface area contributed by atoms with Gasteiger partial charge in [0.1, 0.15) is 5.75 Å². The highest BCUT2D eigenvalue weighted by atomic mass is 32.1. The zero-order valence-corrected chi connectivity index (χ0v) is 17.0. The van der Waals surface area contributed by atoms with Gasteiger partial charge in [0, 0.05) is 23.4 Å². The third-order valence-corrected chi connectivity index (χ3v) is 4.95. The molecule has 0 unspecified atom stereocenters. The predicted octanol–water partition coefficient (Wildman–Crippen LogP) is 4.86. The van der Waals surface area contributed by atoms with Crippen LogP contribution in [0.5, 0.6) is 5.75 Å². The number of benzene rings is 2. The first-order valence-corrected chi connectivity index (χ1v) is 9.89. The fraction of sp³-hybridized carbons (Fsp3) is 0.190. The van der Waals surface area contributed by atoms with Crippen LogP contribution in [0.1, 0.15) is 35.8 Å². The highest BCUT2D eigenvalue weighted by Crippen LogP contribution is 2.27. The van der Waals surface area contributed by atoms with Crippen molar-refractivity contribution in [3.63, 3.8) is 0 Å². The first-order chi connectivity index (χ1) is 14.3. The molecular formula is C21H19F2N3O3S. The molecule has 2 N–H and O–H groups in total. The van der Waals surface area contributed by atoms with Gasteiger partial charge in [0.05, 0.1) is 11.7 Å². The van der Waals surface area contributed by atoms with Crippen molar-refractivity contribution < 1.29 is 23.1 Å². The zero-order chi connectivity index (χ0) is 21.7. The topological polar surface area (TPSA) is 80.3 Å². The molecule has 3 rings (SSSR count). The molecule has 30 heavy (non-hydrogen) atoms. The van der Waals surface area contributed by atoms with E-state index in [0.717, 1.165) is 11.1 Å². The zero-order valence-electron chi connectivity index (χ0n) is 16.2. The van der Waals surface area contributed by atoms with Gasteiger partial charge in [0.25, 0.3) is 5.91 Å². The summed E-state index contributed by atoms with van der Waals surface area (Å²) in [6, 6.07) is 12.9. The van der Waals surface area contributed by atoms with Crippen molar-refractivity contribution in [2.45, 2.75) is 26.5 Å². The molecule has 6 nitrogen and oxygen atoms in total. The Morgan fingerprint density at radius 1 is 1.07 bits per heavy atom. The second-order valence-electron chi connectivity index (χ2n) is 6.44. The Morgan fingerprint density at radius 2 is 1.73 bits per heavy atom. The van der Waals surface area contributed by atoms with E-state index in [9.17, 15) is 18.4 Å². The number of anilines is 1. The summed E-state index contributed by atoms with van der Waals surface area (Å²) in [6.07, 6.45) is 0. The molecule has 0 spiro atoms. The Bertz CT molecular complexity index is 1020. The van der Waals surface area contributed by atoms with E-state index in [1.807, 2.05) is 36.6 Å². The molecule has 0 fully saturated rings. The minimum Gasteiger partial charge on any atom is -0.435 e. The Kier molecular flexibility index (Phi) is 6.73. The van der Waals surface area contributed by atoms with Gasteiger partial charge in [-0.3, -0.25) is 14.9 Å². The van der Waals surface area contributed by atoms with E-state index in [0.29, 0.717) is 16.4 Å². The summed E-state index contributed by atoms with van der Waals surface area (Å²) in [5, 5.41) is 7.76. The van der Waals surface area contributed by atoms with E-state index in [-0.39, 0.29) is 17.7 Å². The van der Waals surface area contributed by atoms with Gasteiger partial charge in [0.2, 0.25) is 5.91 Å². The number of alkyl halides is 2. The largest absolute Gasteiger partial charge is 0.435 e. The number of rotatable bonds is 7. The number of nitrogens with one attached hydrogen (secondary N) is 2. The van der Waals surface area contributed by atoms with Crippen LogP contribution in [0.15, 0.2) is 53.9 Å². The van der Waals surface area contributed by atoms with Gasteiger partial charge in [-0.25, -0.2) is 4.98 Å². The van der Waals surface area contributed by atoms with E-state index >= 15 is 0 Å². The molecule has 0 bridgehead atoms. The maximum atomic E-state index is 12.3. The van der Waals surface area contributed by atoms with Crippen molar-refractivity contribution in [1.82, 2.24) is 10.3 Å². The van der Waals surface area contributed by atoms with Gasteiger partial charge in [-0.1, -0.05) is 24.3 Å². The summed E-state index contributed by atoms with van der Waals surface area (Å²) in [4.78, 5) is 27.9. The lowest BCUT2D eigenvalue weighted by Crippen LogP contribution is -2.23. The van der Waals surface area contributed by atoms with E-state index in [2.05, 4.69) is 20.4 Å². The maximum absolute atomic E-state index is 12.3. The van der Waals surface area contributed by atoms with Gasteiger partial charge in [-0.15, -0.1) is 11.3 Å². The van der Waals surface area contributed by atoms with Gasteiger partial charge in [-0.2, -0.15) is 8.78 Å². The molecule has 0 aliphatic heterocycles. The average molecular weight is 431 g/mol. The molecule has 156 valence electrons. The molecule has 1 aromatic heterocycles. The van der Waals surface area contributed by atoms with Crippen molar-refractivity contribution in [3.05, 3.63) is 65.0 Å². The highest BCUT2D eigenvalue weighted by Gasteiger charge is 2.12. The predicted molar refractivity (Wildman–Crippen MR) is 111 cm³/mol. The molecule has 9 heteroatoms. The first kappa shape index (κ1) is 21.4. The lowest BCUT2D eigenvalue weighted by Gasteiger charge is -2.13. The monoisotopic (exact) mass is 431 g/mol. The maximum Gasteiger partial charge on any atom is 0.387 e. The first-order valence-electron chi connectivity index (χ1n) is 9.01. The molecule has 2 aromatic carbocycles. The Morgan fingerprint density at radius 3 is 2.33 bits per heavy atom. The average Bonchev–Trinajstić information content (AvgIpc) is 3.16. The van der Waals surface area contributed by atoms with E-state index < -0.39 is 12.5 Å². The normalized spacial score (nSPS) is 11.8. The van der Waals surface area contributed by atoms with Crippen LogP contribution in [0.4, 0.5) is 13.9 Å². The van der Waals surface area contributed by atoms with Crippen LogP contribution in [-0.4, -0.2) is 23.4 Å². The van der Waals surface area contributed by atoms with Crippen LogP contribution >= 0.6 is 11.3 Å². The van der Waals surface area contributed by atoms with Gasteiger partial charge < -0.3 is 10.1 Å². The molecule has 0 aliphatic rings. The van der Waals surface area contributed by atoms with Crippen LogP contribution < -0.4 is 15.4 Å². The number of hydrogen-bond acceptors (Lipinski definition) is 5. The fourth-order valence-electron chi connectivity index (χ4n) is 2.75. The van der Waals surface area contributed by atoms with Crippen molar-refractivity contribution in [2.24, 2.45) is 0 Å².